The molecule has 0 bridgehead atoms. The van der Waals surface area contributed by atoms with Crippen LogP contribution >= 0.6 is 11.3 Å². The maximum Gasteiger partial charge on any atom is 0.241 e. The summed E-state index contributed by atoms with van der Waals surface area (Å²) in [5.41, 5.74) is 2.68. The fourth-order valence-electron chi connectivity index (χ4n) is 4.56. The van der Waals surface area contributed by atoms with Crippen molar-refractivity contribution in [2.75, 3.05) is 18.1 Å². The van der Waals surface area contributed by atoms with E-state index in [1.54, 1.807) is 11.3 Å². The Labute approximate surface area is 190 Å². The van der Waals surface area contributed by atoms with Crippen molar-refractivity contribution in [2.24, 2.45) is 0 Å². The minimum Gasteiger partial charge on any atom is -0.457 e. The van der Waals surface area contributed by atoms with Crippen LogP contribution in [-0.2, 0) is 9.53 Å². The zero-order chi connectivity index (χ0) is 21.5. The minimum absolute atomic E-state index is 0.00255. The van der Waals surface area contributed by atoms with Crippen molar-refractivity contribution in [3.8, 4) is 11.5 Å². The van der Waals surface area contributed by atoms with Crippen LogP contribution in [0.25, 0.3) is 10.2 Å². The molecule has 0 radical (unpaired) electrons. The molecule has 6 rings (SSSR count). The molecule has 1 aromatic heterocycles. The van der Waals surface area contributed by atoms with E-state index in [0.717, 1.165) is 52.3 Å². The third-order valence-electron chi connectivity index (χ3n) is 6.12. The van der Waals surface area contributed by atoms with Gasteiger partial charge in [-0.2, -0.15) is 0 Å². The quantitative estimate of drug-likeness (QED) is 0.404. The van der Waals surface area contributed by atoms with Gasteiger partial charge in [-0.3, -0.25) is 9.69 Å². The molecule has 32 heavy (non-hydrogen) atoms. The Morgan fingerprint density at radius 2 is 1.66 bits per heavy atom. The predicted octanol–water partition coefficient (Wildman–Crippen LogP) is 5.75. The van der Waals surface area contributed by atoms with E-state index in [0.29, 0.717) is 11.7 Å². The second-order valence-corrected chi connectivity index (χ2v) is 9.17. The van der Waals surface area contributed by atoms with Gasteiger partial charge in [0.2, 0.25) is 5.91 Å². The van der Waals surface area contributed by atoms with Gasteiger partial charge in [-0.05, 0) is 37.1 Å². The molecular formula is C26H22N2O3S. The smallest absolute Gasteiger partial charge is 0.241 e. The first-order chi connectivity index (χ1) is 15.8. The molecule has 4 aromatic rings. The highest BCUT2D eigenvalue weighted by Crippen LogP contribution is 2.45. The summed E-state index contributed by atoms with van der Waals surface area (Å²) in [5, 5.41) is 0.716. The van der Waals surface area contributed by atoms with Crippen molar-refractivity contribution in [3.63, 3.8) is 0 Å². The molecule has 1 amide bonds. The number of rotatable bonds is 4. The van der Waals surface area contributed by atoms with E-state index in [9.17, 15) is 4.79 Å². The fourth-order valence-corrected chi connectivity index (χ4v) is 5.54. The van der Waals surface area contributed by atoms with Gasteiger partial charge in [0.1, 0.15) is 11.5 Å². The topological polar surface area (TPSA) is 51.7 Å². The molecule has 0 N–H and O–H groups in total. The van der Waals surface area contributed by atoms with E-state index in [4.69, 9.17) is 14.5 Å². The fraction of sp³-hybridized carbons (Fsp3) is 0.231. The largest absolute Gasteiger partial charge is 0.457 e. The van der Waals surface area contributed by atoms with Gasteiger partial charge in [-0.1, -0.05) is 59.9 Å². The second kappa shape index (κ2) is 8.04. The van der Waals surface area contributed by atoms with Gasteiger partial charge in [0.25, 0.3) is 0 Å². The number of nitrogens with zero attached hydrogens (tertiary/aromatic N) is 2. The lowest BCUT2D eigenvalue weighted by Crippen LogP contribution is -2.41. The highest BCUT2D eigenvalue weighted by atomic mass is 32.1. The first kappa shape index (κ1) is 19.5. The highest BCUT2D eigenvalue weighted by Gasteiger charge is 2.37. The summed E-state index contributed by atoms with van der Waals surface area (Å²) in [6, 6.07) is 23.6. The summed E-state index contributed by atoms with van der Waals surface area (Å²) < 4.78 is 13.1. The Morgan fingerprint density at radius 3 is 2.34 bits per heavy atom. The van der Waals surface area contributed by atoms with Crippen LogP contribution in [0.15, 0.2) is 72.8 Å². The van der Waals surface area contributed by atoms with Gasteiger partial charge >= 0.3 is 0 Å². The molecule has 1 atom stereocenters. The second-order valence-electron chi connectivity index (χ2n) is 8.16. The number of carbonyl (C=O) groups is 1. The first-order valence-electron chi connectivity index (χ1n) is 10.9. The molecule has 1 saturated heterocycles. The molecule has 0 unspecified atom stereocenters. The zero-order valence-electron chi connectivity index (χ0n) is 17.4. The van der Waals surface area contributed by atoms with Gasteiger partial charge in [0.15, 0.2) is 5.13 Å². The lowest BCUT2D eigenvalue weighted by Gasteiger charge is -2.32. The normalized spacial score (nSPS) is 17.6. The first-order valence-corrected chi connectivity index (χ1v) is 11.7. The van der Waals surface area contributed by atoms with Gasteiger partial charge in [-0.15, -0.1) is 0 Å². The zero-order valence-corrected chi connectivity index (χ0v) is 18.3. The van der Waals surface area contributed by atoms with Crippen molar-refractivity contribution in [1.29, 1.82) is 0 Å². The van der Waals surface area contributed by atoms with Gasteiger partial charge in [0, 0.05) is 17.7 Å². The molecule has 0 aliphatic carbocycles. The molecule has 6 heteroatoms. The Hall–Kier alpha value is -3.22. The van der Waals surface area contributed by atoms with Crippen LogP contribution in [0.2, 0.25) is 0 Å². The number of para-hydroxylation sites is 3. The number of thiazole rings is 1. The summed E-state index contributed by atoms with van der Waals surface area (Å²) in [6.45, 7) is 1.25. The molecular weight excluding hydrogens is 420 g/mol. The summed E-state index contributed by atoms with van der Waals surface area (Å²) in [6.07, 6.45) is 2.00. The maximum atomic E-state index is 14.3. The Balaban J connectivity index is 1.46. The average Bonchev–Trinajstić information content (AvgIpc) is 3.50. The monoisotopic (exact) mass is 442 g/mol. The number of ether oxygens (including phenoxy) is 2. The SMILES string of the molecule is O=C(C1c2ccccc2Oc2ccccc21)N(C[C@H]1CCCO1)c1nc2ccccc2s1. The van der Waals surface area contributed by atoms with Crippen LogP contribution in [0.4, 0.5) is 5.13 Å². The number of aromatic nitrogens is 1. The van der Waals surface area contributed by atoms with Crippen molar-refractivity contribution < 1.29 is 14.3 Å². The number of anilines is 1. The highest BCUT2D eigenvalue weighted by molar-refractivity contribution is 7.22. The van der Waals surface area contributed by atoms with Crippen LogP contribution in [0.1, 0.15) is 29.9 Å². The molecule has 160 valence electrons. The van der Waals surface area contributed by atoms with E-state index in [1.165, 1.54) is 0 Å². The Kier molecular flexibility index (Phi) is 4.89. The van der Waals surface area contributed by atoms with E-state index in [-0.39, 0.29) is 12.0 Å². The van der Waals surface area contributed by atoms with Crippen molar-refractivity contribution >= 4 is 32.6 Å². The Morgan fingerprint density at radius 1 is 0.969 bits per heavy atom. The number of amides is 1. The third kappa shape index (κ3) is 3.36. The predicted molar refractivity (Wildman–Crippen MR) is 126 cm³/mol. The van der Waals surface area contributed by atoms with Crippen LogP contribution in [-0.4, -0.2) is 30.1 Å². The number of carbonyl (C=O) groups excluding carboxylic acids is 1. The lowest BCUT2D eigenvalue weighted by atomic mass is 9.87. The molecule has 3 aromatic carbocycles. The van der Waals surface area contributed by atoms with E-state index < -0.39 is 5.92 Å². The standard InChI is InChI=1S/C26H22N2O3S/c29-25(24-18-9-1-4-12-21(18)31-22-13-5-2-10-19(22)24)28(16-17-8-7-15-30-17)26-27-20-11-3-6-14-23(20)32-26/h1-6,9-14,17,24H,7-8,15-16H2/t17-/m1/s1. The van der Waals surface area contributed by atoms with Gasteiger partial charge in [0.05, 0.1) is 28.8 Å². The summed E-state index contributed by atoms with van der Waals surface area (Å²) in [7, 11) is 0. The molecule has 2 aliphatic rings. The summed E-state index contributed by atoms with van der Waals surface area (Å²) >= 11 is 1.55. The van der Waals surface area contributed by atoms with Crippen molar-refractivity contribution in [1.82, 2.24) is 4.98 Å². The summed E-state index contributed by atoms with van der Waals surface area (Å²) in [5.74, 6) is 1.00. The van der Waals surface area contributed by atoms with Crippen LogP contribution < -0.4 is 9.64 Å². The number of hydrogen-bond acceptors (Lipinski definition) is 5. The van der Waals surface area contributed by atoms with Gasteiger partial charge < -0.3 is 9.47 Å². The van der Waals surface area contributed by atoms with Crippen LogP contribution in [0, 0.1) is 0 Å². The average molecular weight is 443 g/mol. The van der Waals surface area contributed by atoms with E-state index in [2.05, 4.69) is 0 Å². The lowest BCUT2D eigenvalue weighted by molar-refractivity contribution is -0.119. The molecule has 2 aliphatic heterocycles. The minimum atomic E-state index is -0.454. The molecule has 0 saturated carbocycles. The summed E-state index contributed by atoms with van der Waals surface area (Å²) in [4.78, 5) is 20.9. The van der Waals surface area contributed by atoms with E-state index >= 15 is 0 Å². The van der Waals surface area contributed by atoms with E-state index in [1.807, 2.05) is 77.7 Å². The third-order valence-corrected chi connectivity index (χ3v) is 7.18. The Bertz CT molecular complexity index is 1220. The number of benzene rings is 3. The molecule has 0 spiro atoms. The van der Waals surface area contributed by atoms with Crippen LogP contribution in [0.5, 0.6) is 11.5 Å². The number of hydrogen-bond donors (Lipinski definition) is 0. The van der Waals surface area contributed by atoms with Crippen molar-refractivity contribution in [2.45, 2.75) is 24.9 Å². The molecule has 1 fully saturated rings. The molecule has 3 heterocycles. The van der Waals surface area contributed by atoms with Crippen LogP contribution in [0.3, 0.4) is 0 Å². The van der Waals surface area contributed by atoms with Crippen molar-refractivity contribution in [3.05, 3.63) is 83.9 Å². The van der Waals surface area contributed by atoms with Gasteiger partial charge in [-0.25, -0.2) is 4.98 Å². The number of fused-ring (bicyclic) bond motifs is 3. The maximum absolute atomic E-state index is 14.3. The molecule has 5 nitrogen and oxygen atoms in total.